The van der Waals surface area contributed by atoms with Crippen molar-refractivity contribution in [2.24, 2.45) is 0 Å². The van der Waals surface area contributed by atoms with Crippen LogP contribution >= 0.6 is 0 Å². The summed E-state index contributed by atoms with van der Waals surface area (Å²) in [5.74, 6) is -4.02. The molecule has 0 radical (unpaired) electrons. The van der Waals surface area contributed by atoms with Gasteiger partial charge in [-0.15, -0.1) is 0 Å². The molecule has 1 N–H and O–H groups in total. The van der Waals surface area contributed by atoms with E-state index in [-0.39, 0.29) is 6.07 Å². The van der Waals surface area contributed by atoms with E-state index < -0.39 is 29.6 Å². The Balaban J connectivity index is 3.23. The molecule has 2 nitrogen and oxygen atoms in total. The molecule has 0 aliphatic heterocycles. The van der Waals surface area contributed by atoms with Gasteiger partial charge < -0.3 is 5.11 Å². The molecule has 1 aromatic heterocycles. The first-order valence-electron chi connectivity index (χ1n) is 2.85. The number of halogens is 4. The van der Waals surface area contributed by atoms with E-state index in [9.17, 15) is 17.6 Å². The fraction of sp³-hybridized carbons (Fsp3) is 0.167. The van der Waals surface area contributed by atoms with E-state index in [1.165, 1.54) is 0 Å². The highest BCUT2D eigenvalue weighted by molar-refractivity contribution is 5.22. The van der Waals surface area contributed by atoms with Crippen LogP contribution in [0.3, 0.4) is 0 Å². The molecule has 0 aromatic carbocycles. The van der Waals surface area contributed by atoms with Crippen LogP contribution in [0.5, 0.6) is 5.75 Å². The Morgan fingerprint density at radius 1 is 1.33 bits per heavy atom. The quantitative estimate of drug-likeness (QED) is 0.531. The lowest BCUT2D eigenvalue weighted by molar-refractivity contribution is 0.138. The molecule has 0 spiro atoms. The van der Waals surface area contributed by atoms with Gasteiger partial charge in [0.05, 0.1) is 0 Å². The number of aromatic hydroxyl groups is 1. The maximum absolute atomic E-state index is 12.4. The molecule has 0 aliphatic rings. The first-order valence-corrected chi connectivity index (χ1v) is 2.85. The summed E-state index contributed by atoms with van der Waals surface area (Å²) in [6, 6.07) is 0.254. The van der Waals surface area contributed by atoms with E-state index >= 15 is 0 Å². The number of alkyl halides is 2. The normalized spacial score (nSPS) is 10.8. The maximum Gasteiger partial charge on any atom is 0.283 e. The zero-order valence-corrected chi connectivity index (χ0v) is 5.56. The van der Waals surface area contributed by atoms with Crippen molar-refractivity contribution in [3.8, 4) is 5.75 Å². The summed E-state index contributed by atoms with van der Waals surface area (Å²) in [6.45, 7) is 0. The molecule has 0 fully saturated rings. The predicted octanol–water partition coefficient (Wildman–Crippen LogP) is 2.00. The van der Waals surface area contributed by atoms with Crippen molar-refractivity contribution in [2.75, 3.05) is 0 Å². The fourth-order valence-corrected chi connectivity index (χ4v) is 0.623. The van der Waals surface area contributed by atoms with Gasteiger partial charge in [0.2, 0.25) is 0 Å². The average Bonchev–Trinajstić information content (AvgIpc) is 1.96. The van der Waals surface area contributed by atoms with Gasteiger partial charge >= 0.3 is 0 Å². The molecule has 0 aliphatic carbocycles. The Hall–Kier alpha value is -1.33. The molecule has 1 rings (SSSR count). The van der Waals surface area contributed by atoms with Gasteiger partial charge in [-0.2, -0.15) is 4.39 Å². The molecular formula is C6H3F4NO. The van der Waals surface area contributed by atoms with E-state index in [1.807, 2.05) is 0 Å². The SMILES string of the molecule is Oc1cc(F)c(C(F)F)nc1F. The lowest BCUT2D eigenvalue weighted by Gasteiger charge is -2.01. The molecule has 0 saturated heterocycles. The van der Waals surface area contributed by atoms with Crippen molar-refractivity contribution in [2.45, 2.75) is 6.43 Å². The standard InChI is InChI=1S/C6H3F4NO/c7-2-1-3(12)6(10)11-4(2)5(8)9/h1,5,12H. The molecule has 0 saturated carbocycles. The topological polar surface area (TPSA) is 33.1 Å². The third kappa shape index (κ3) is 1.46. The summed E-state index contributed by atoms with van der Waals surface area (Å²) in [6.07, 6.45) is -3.19. The number of rotatable bonds is 1. The zero-order valence-electron chi connectivity index (χ0n) is 5.56. The number of aromatic nitrogens is 1. The zero-order chi connectivity index (χ0) is 9.30. The molecule has 66 valence electrons. The number of hydrogen-bond acceptors (Lipinski definition) is 2. The second kappa shape index (κ2) is 2.96. The van der Waals surface area contributed by atoms with E-state index in [0.29, 0.717) is 0 Å². The van der Waals surface area contributed by atoms with Gasteiger partial charge in [-0.25, -0.2) is 18.2 Å². The van der Waals surface area contributed by atoms with Gasteiger partial charge in [-0.3, -0.25) is 0 Å². The Kier molecular flexibility index (Phi) is 2.16. The summed E-state index contributed by atoms with van der Waals surface area (Å²) in [4.78, 5) is 2.53. The monoisotopic (exact) mass is 181 g/mol. The number of pyridine rings is 1. The highest BCUT2D eigenvalue weighted by atomic mass is 19.3. The summed E-state index contributed by atoms with van der Waals surface area (Å²) in [5.41, 5.74) is -1.30. The first kappa shape index (κ1) is 8.76. The van der Waals surface area contributed by atoms with E-state index in [4.69, 9.17) is 5.11 Å². The molecule has 6 heteroatoms. The van der Waals surface area contributed by atoms with Crippen LogP contribution in [0.25, 0.3) is 0 Å². The summed E-state index contributed by atoms with van der Waals surface area (Å²) < 4.78 is 48.2. The van der Waals surface area contributed by atoms with Crippen molar-refractivity contribution in [3.05, 3.63) is 23.5 Å². The molecule has 0 amide bonds. The van der Waals surface area contributed by atoms with Gasteiger partial charge in [0, 0.05) is 6.07 Å². The maximum atomic E-state index is 12.4. The predicted molar refractivity (Wildman–Crippen MR) is 30.8 cm³/mol. The van der Waals surface area contributed by atoms with Crippen LogP contribution in [0.15, 0.2) is 6.07 Å². The van der Waals surface area contributed by atoms with Crippen LogP contribution < -0.4 is 0 Å². The second-order valence-electron chi connectivity index (χ2n) is 1.97. The minimum Gasteiger partial charge on any atom is -0.504 e. The van der Waals surface area contributed by atoms with E-state index in [1.54, 1.807) is 0 Å². The minimum absolute atomic E-state index is 0.254. The van der Waals surface area contributed by atoms with Crippen molar-refractivity contribution in [1.82, 2.24) is 4.98 Å². The van der Waals surface area contributed by atoms with Gasteiger partial charge in [0.1, 0.15) is 5.69 Å². The van der Waals surface area contributed by atoms with Crippen LogP contribution in [-0.4, -0.2) is 10.1 Å². The summed E-state index contributed by atoms with van der Waals surface area (Å²) in [7, 11) is 0. The Bertz CT molecular complexity index is 302. The van der Waals surface area contributed by atoms with Gasteiger partial charge in [-0.1, -0.05) is 0 Å². The molecule has 0 atom stereocenters. The van der Waals surface area contributed by atoms with Crippen LogP contribution in [0.4, 0.5) is 17.6 Å². The van der Waals surface area contributed by atoms with Gasteiger partial charge in [-0.05, 0) is 0 Å². The molecule has 1 heterocycles. The lowest BCUT2D eigenvalue weighted by atomic mass is 10.3. The number of hydrogen-bond donors (Lipinski definition) is 1. The summed E-state index contributed by atoms with van der Waals surface area (Å²) in [5, 5.41) is 8.48. The van der Waals surface area contributed by atoms with E-state index in [2.05, 4.69) is 4.98 Å². The number of nitrogens with zero attached hydrogens (tertiary/aromatic N) is 1. The highest BCUT2D eigenvalue weighted by Gasteiger charge is 2.18. The Morgan fingerprint density at radius 3 is 2.42 bits per heavy atom. The Labute approximate surface area is 64.5 Å². The highest BCUT2D eigenvalue weighted by Crippen LogP contribution is 2.23. The van der Waals surface area contributed by atoms with Crippen LogP contribution in [0.1, 0.15) is 12.1 Å². The van der Waals surface area contributed by atoms with E-state index in [0.717, 1.165) is 0 Å². The van der Waals surface area contributed by atoms with Crippen molar-refractivity contribution < 1.29 is 22.7 Å². The first-order chi connectivity index (χ1) is 5.52. The molecule has 12 heavy (non-hydrogen) atoms. The van der Waals surface area contributed by atoms with Crippen LogP contribution in [0, 0.1) is 11.8 Å². The molecule has 0 unspecified atom stereocenters. The van der Waals surface area contributed by atoms with Gasteiger partial charge in [0.25, 0.3) is 12.4 Å². The Morgan fingerprint density at radius 2 is 1.92 bits per heavy atom. The smallest absolute Gasteiger partial charge is 0.283 e. The van der Waals surface area contributed by atoms with Gasteiger partial charge in [0.15, 0.2) is 11.6 Å². The van der Waals surface area contributed by atoms with Crippen LogP contribution in [0.2, 0.25) is 0 Å². The molecule has 1 aromatic rings. The third-order valence-corrected chi connectivity index (χ3v) is 1.14. The second-order valence-corrected chi connectivity index (χ2v) is 1.97. The lowest BCUT2D eigenvalue weighted by Crippen LogP contribution is -1.98. The summed E-state index contributed by atoms with van der Waals surface area (Å²) >= 11 is 0. The third-order valence-electron chi connectivity index (χ3n) is 1.14. The van der Waals surface area contributed by atoms with Crippen molar-refractivity contribution >= 4 is 0 Å². The van der Waals surface area contributed by atoms with Crippen molar-refractivity contribution in [3.63, 3.8) is 0 Å². The minimum atomic E-state index is -3.19. The molecule has 0 bridgehead atoms. The van der Waals surface area contributed by atoms with Crippen molar-refractivity contribution in [1.29, 1.82) is 0 Å². The van der Waals surface area contributed by atoms with Crippen LogP contribution in [-0.2, 0) is 0 Å². The largest absolute Gasteiger partial charge is 0.504 e. The average molecular weight is 181 g/mol. The molecular weight excluding hydrogens is 178 g/mol. The fourth-order valence-electron chi connectivity index (χ4n) is 0.623.